The first kappa shape index (κ1) is 13.9. The van der Waals surface area contributed by atoms with Crippen molar-refractivity contribution in [3.63, 3.8) is 0 Å². The maximum atomic E-state index is 10.8. The molecule has 2 atom stereocenters. The van der Waals surface area contributed by atoms with E-state index < -0.39 is 18.0 Å². The summed E-state index contributed by atoms with van der Waals surface area (Å²) in [5.41, 5.74) is 0. The van der Waals surface area contributed by atoms with Crippen LogP contribution in [-0.2, 0) is 9.59 Å². The molecule has 1 rings (SSSR count). The van der Waals surface area contributed by atoms with Crippen molar-refractivity contribution in [1.82, 2.24) is 10.2 Å². The zero-order valence-electron chi connectivity index (χ0n) is 10.1. The number of hydrogen-bond acceptors (Lipinski definition) is 4. The Balaban J connectivity index is 2.35. The quantitative estimate of drug-likeness (QED) is 0.602. The lowest BCUT2D eigenvalue weighted by atomic mass is 9.98. The van der Waals surface area contributed by atoms with Gasteiger partial charge in [-0.05, 0) is 38.9 Å². The third-order valence-electron chi connectivity index (χ3n) is 3.05. The molecule has 0 bridgehead atoms. The third kappa shape index (κ3) is 5.14. The number of rotatable bonds is 6. The number of nitrogens with one attached hydrogen (secondary N) is 1. The molecule has 0 aliphatic carbocycles. The molecule has 0 aromatic carbocycles. The van der Waals surface area contributed by atoms with Crippen LogP contribution in [0.15, 0.2) is 0 Å². The van der Waals surface area contributed by atoms with E-state index >= 15 is 0 Å². The van der Waals surface area contributed by atoms with Crippen LogP contribution in [0.1, 0.15) is 19.3 Å². The van der Waals surface area contributed by atoms with E-state index in [9.17, 15) is 9.59 Å². The van der Waals surface area contributed by atoms with Gasteiger partial charge < -0.3 is 20.4 Å². The second-order valence-corrected chi connectivity index (χ2v) is 4.67. The number of aliphatic carboxylic acids is 2. The van der Waals surface area contributed by atoms with Crippen LogP contribution in [0.2, 0.25) is 0 Å². The van der Waals surface area contributed by atoms with Crippen LogP contribution in [0.5, 0.6) is 0 Å². The van der Waals surface area contributed by atoms with E-state index in [1.165, 1.54) is 0 Å². The number of hydrogen-bond donors (Lipinski definition) is 3. The lowest BCUT2D eigenvalue weighted by molar-refractivity contribution is -0.146. The second kappa shape index (κ2) is 6.56. The monoisotopic (exact) mass is 244 g/mol. The van der Waals surface area contributed by atoms with Gasteiger partial charge in [0.05, 0.1) is 6.42 Å². The van der Waals surface area contributed by atoms with Gasteiger partial charge in [-0.2, -0.15) is 0 Å². The van der Waals surface area contributed by atoms with Crippen molar-refractivity contribution in [1.29, 1.82) is 0 Å². The maximum Gasteiger partial charge on any atom is 0.321 e. The molecule has 0 spiro atoms. The molecule has 6 heteroatoms. The van der Waals surface area contributed by atoms with Gasteiger partial charge in [0.1, 0.15) is 6.04 Å². The molecule has 0 amide bonds. The Bertz CT molecular complexity index is 283. The van der Waals surface area contributed by atoms with E-state index in [1.54, 1.807) is 0 Å². The largest absolute Gasteiger partial charge is 0.481 e. The maximum absolute atomic E-state index is 10.8. The normalized spacial score (nSPS) is 23.2. The van der Waals surface area contributed by atoms with Crippen LogP contribution in [0.25, 0.3) is 0 Å². The molecule has 0 saturated carbocycles. The second-order valence-electron chi connectivity index (χ2n) is 4.67. The van der Waals surface area contributed by atoms with Gasteiger partial charge in [-0.25, -0.2) is 0 Å². The molecular weight excluding hydrogens is 224 g/mol. The van der Waals surface area contributed by atoms with Gasteiger partial charge in [0, 0.05) is 6.54 Å². The predicted octanol–water partition coefficient (Wildman–Crippen LogP) is -0.154. The highest BCUT2D eigenvalue weighted by Crippen LogP contribution is 2.14. The molecule has 98 valence electrons. The molecule has 6 nitrogen and oxygen atoms in total. The number of carboxylic acids is 2. The molecule has 0 aromatic heterocycles. The predicted molar refractivity (Wildman–Crippen MR) is 61.9 cm³/mol. The van der Waals surface area contributed by atoms with Gasteiger partial charge in [-0.1, -0.05) is 0 Å². The van der Waals surface area contributed by atoms with Gasteiger partial charge >= 0.3 is 11.9 Å². The molecule has 3 N–H and O–H groups in total. The lowest BCUT2D eigenvalue weighted by Gasteiger charge is -2.30. The molecule has 1 aliphatic rings. The molecule has 0 radical (unpaired) electrons. The van der Waals surface area contributed by atoms with Crippen molar-refractivity contribution >= 4 is 11.9 Å². The Labute approximate surface area is 101 Å². The Hall–Kier alpha value is -1.14. The van der Waals surface area contributed by atoms with E-state index in [1.807, 2.05) is 7.05 Å². The van der Waals surface area contributed by atoms with Crippen molar-refractivity contribution in [3.8, 4) is 0 Å². The van der Waals surface area contributed by atoms with Gasteiger partial charge in [0.15, 0.2) is 0 Å². The van der Waals surface area contributed by atoms with E-state index in [0.29, 0.717) is 12.5 Å². The van der Waals surface area contributed by atoms with Gasteiger partial charge in [-0.15, -0.1) is 0 Å². The smallest absolute Gasteiger partial charge is 0.321 e. The number of carbonyl (C=O) groups is 2. The van der Waals surface area contributed by atoms with Crippen LogP contribution >= 0.6 is 0 Å². The van der Waals surface area contributed by atoms with Crippen molar-refractivity contribution in [2.45, 2.75) is 25.3 Å². The summed E-state index contributed by atoms with van der Waals surface area (Å²) < 4.78 is 0. The molecule has 1 heterocycles. The Morgan fingerprint density at radius 2 is 2.18 bits per heavy atom. The number of likely N-dealkylation sites (tertiary alicyclic amines) is 1. The highest BCUT2D eigenvalue weighted by molar-refractivity contribution is 5.80. The summed E-state index contributed by atoms with van der Waals surface area (Å²) in [7, 11) is 2.04. The molecule has 1 saturated heterocycles. The summed E-state index contributed by atoms with van der Waals surface area (Å²) in [5.74, 6) is -1.79. The summed E-state index contributed by atoms with van der Waals surface area (Å²) in [6.45, 7) is 2.58. The Morgan fingerprint density at radius 1 is 1.47 bits per heavy atom. The van der Waals surface area contributed by atoms with Crippen molar-refractivity contribution in [2.24, 2.45) is 5.92 Å². The standard InChI is InChI=1S/C11H20N2O4/c1-13-4-2-3-8(7-13)6-12-9(11(16)17)5-10(14)15/h8-9,12H,2-7H2,1H3,(H,14,15)(H,16,17). The molecular formula is C11H20N2O4. The zero-order valence-corrected chi connectivity index (χ0v) is 10.1. The minimum absolute atomic E-state index is 0.377. The summed E-state index contributed by atoms with van der Waals surface area (Å²) in [6.07, 6.45) is 1.80. The highest BCUT2D eigenvalue weighted by Gasteiger charge is 2.23. The topological polar surface area (TPSA) is 89.9 Å². The number of piperidine rings is 1. The molecule has 1 aliphatic heterocycles. The minimum atomic E-state index is -1.10. The lowest BCUT2D eigenvalue weighted by Crippen LogP contribution is -2.44. The average molecular weight is 244 g/mol. The summed E-state index contributed by atoms with van der Waals surface area (Å²) in [6, 6.07) is -0.986. The van der Waals surface area contributed by atoms with Crippen LogP contribution in [0, 0.1) is 5.92 Å². The summed E-state index contributed by atoms with van der Waals surface area (Å²) in [4.78, 5) is 23.6. The third-order valence-corrected chi connectivity index (χ3v) is 3.05. The van der Waals surface area contributed by atoms with Crippen molar-refractivity contribution in [3.05, 3.63) is 0 Å². The highest BCUT2D eigenvalue weighted by atomic mass is 16.4. The summed E-state index contributed by atoms with van der Waals surface area (Å²) >= 11 is 0. The fraction of sp³-hybridized carbons (Fsp3) is 0.818. The molecule has 2 unspecified atom stereocenters. The number of carboxylic acid groups (broad SMARTS) is 2. The molecule has 0 aromatic rings. The van der Waals surface area contributed by atoms with E-state index in [-0.39, 0.29) is 6.42 Å². The zero-order chi connectivity index (χ0) is 12.8. The first-order valence-corrected chi connectivity index (χ1v) is 5.85. The van der Waals surface area contributed by atoms with Crippen molar-refractivity contribution < 1.29 is 19.8 Å². The Morgan fingerprint density at radius 3 is 2.71 bits per heavy atom. The SMILES string of the molecule is CN1CCCC(CNC(CC(=O)O)C(=O)O)C1. The first-order chi connectivity index (χ1) is 7.99. The fourth-order valence-corrected chi connectivity index (χ4v) is 2.17. The van der Waals surface area contributed by atoms with Crippen LogP contribution < -0.4 is 5.32 Å². The van der Waals surface area contributed by atoms with E-state index in [2.05, 4.69) is 10.2 Å². The minimum Gasteiger partial charge on any atom is -0.481 e. The average Bonchev–Trinajstić information content (AvgIpc) is 2.23. The number of nitrogens with zero attached hydrogens (tertiary/aromatic N) is 1. The van der Waals surface area contributed by atoms with Crippen LogP contribution in [0.4, 0.5) is 0 Å². The van der Waals surface area contributed by atoms with Crippen LogP contribution in [0.3, 0.4) is 0 Å². The van der Waals surface area contributed by atoms with Gasteiger partial charge in [-0.3, -0.25) is 9.59 Å². The molecule has 17 heavy (non-hydrogen) atoms. The Kier molecular flexibility index (Phi) is 5.37. The van der Waals surface area contributed by atoms with Gasteiger partial charge in [0.2, 0.25) is 0 Å². The molecule has 1 fully saturated rings. The van der Waals surface area contributed by atoms with Crippen molar-refractivity contribution in [2.75, 3.05) is 26.7 Å². The van der Waals surface area contributed by atoms with Crippen LogP contribution in [-0.4, -0.2) is 59.8 Å². The first-order valence-electron chi connectivity index (χ1n) is 5.85. The van der Waals surface area contributed by atoms with E-state index in [4.69, 9.17) is 10.2 Å². The summed E-state index contributed by atoms with van der Waals surface area (Å²) in [5, 5.41) is 20.3. The van der Waals surface area contributed by atoms with E-state index in [0.717, 1.165) is 25.9 Å². The van der Waals surface area contributed by atoms with Gasteiger partial charge in [0.25, 0.3) is 0 Å². The fourth-order valence-electron chi connectivity index (χ4n) is 2.17.